The predicted octanol–water partition coefficient (Wildman–Crippen LogP) is 0.105. The normalized spacial score (nSPS) is 10.6. The first-order valence-corrected chi connectivity index (χ1v) is 4.89. The fourth-order valence-electron chi connectivity index (χ4n) is 1.29. The summed E-state index contributed by atoms with van der Waals surface area (Å²) in [5, 5.41) is 6.81. The van der Waals surface area contributed by atoms with E-state index in [9.17, 15) is 4.79 Å². The van der Waals surface area contributed by atoms with Crippen LogP contribution in [0.4, 0.5) is 0 Å². The largest absolute Gasteiger partial charge is 0.383 e. The van der Waals surface area contributed by atoms with E-state index < -0.39 is 0 Å². The molecule has 2 aromatic heterocycles. The first kappa shape index (κ1) is 10.6. The molecule has 6 heteroatoms. The van der Waals surface area contributed by atoms with Crippen molar-refractivity contribution in [1.82, 2.24) is 19.9 Å². The lowest BCUT2D eigenvalue weighted by molar-refractivity contribution is 0.0931. The highest BCUT2D eigenvalue weighted by Gasteiger charge is 2.07. The minimum atomic E-state index is -0.215. The zero-order valence-electron chi connectivity index (χ0n) is 8.88. The second kappa shape index (κ2) is 4.71. The number of hydrogen-bond acceptors (Lipinski definition) is 4. The summed E-state index contributed by atoms with van der Waals surface area (Å²) in [5.74, 6) is -0.215. The number of carbonyl (C=O) groups excluding carboxylic acids is 1. The molecule has 0 spiro atoms. The molecule has 0 fully saturated rings. The molecule has 0 bridgehead atoms. The molecule has 2 heterocycles. The van der Waals surface area contributed by atoms with Crippen molar-refractivity contribution in [3.8, 4) is 0 Å². The molecular weight excluding hydrogens is 208 g/mol. The molecule has 16 heavy (non-hydrogen) atoms. The van der Waals surface area contributed by atoms with E-state index in [1.807, 2.05) is 0 Å². The van der Waals surface area contributed by atoms with E-state index in [1.54, 1.807) is 36.2 Å². The van der Waals surface area contributed by atoms with Gasteiger partial charge in [-0.3, -0.25) is 4.79 Å². The molecule has 0 unspecified atom stereocenters. The van der Waals surface area contributed by atoms with Crippen LogP contribution in [-0.4, -0.2) is 40.8 Å². The van der Waals surface area contributed by atoms with Gasteiger partial charge in [0.15, 0.2) is 5.65 Å². The quantitative estimate of drug-likeness (QED) is 0.742. The van der Waals surface area contributed by atoms with Crippen LogP contribution in [0.5, 0.6) is 0 Å². The Hall–Kier alpha value is -1.95. The molecule has 2 rings (SSSR count). The molecule has 84 valence electrons. The average molecular weight is 220 g/mol. The number of imidazole rings is 1. The van der Waals surface area contributed by atoms with Gasteiger partial charge < -0.3 is 10.1 Å². The zero-order chi connectivity index (χ0) is 11.4. The molecule has 1 amide bonds. The minimum Gasteiger partial charge on any atom is -0.383 e. The smallest absolute Gasteiger partial charge is 0.271 e. The number of hydrogen-bond donors (Lipinski definition) is 1. The lowest BCUT2D eigenvalue weighted by atomic mass is 10.3. The van der Waals surface area contributed by atoms with Crippen LogP contribution in [0.25, 0.3) is 5.65 Å². The van der Waals surface area contributed by atoms with Crippen LogP contribution in [0.2, 0.25) is 0 Å². The van der Waals surface area contributed by atoms with E-state index in [0.29, 0.717) is 24.5 Å². The van der Waals surface area contributed by atoms with Crippen LogP contribution in [0.3, 0.4) is 0 Å². The second-order valence-corrected chi connectivity index (χ2v) is 3.20. The van der Waals surface area contributed by atoms with Crippen LogP contribution < -0.4 is 5.32 Å². The molecule has 0 aliphatic heterocycles. The fourth-order valence-corrected chi connectivity index (χ4v) is 1.29. The number of rotatable bonds is 4. The summed E-state index contributed by atoms with van der Waals surface area (Å²) in [5.41, 5.74) is 1.08. The third kappa shape index (κ3) is 2.17. The van der Waals surface area contributed by atoms with E-state index >= 15 is 0 Å². The number of amides is 1. The van der Waals surface area contributed by atoms with Crippen LogP contribution >= 0.6 is 0 Å². The molecule has 0 saturated heterocycles. The van der Waals surface area contributed by atoms with E-state index in [0.717, 1.165) is 0 Å². The van der Waals surface area contributed by atoms with Gasteiger partial charge in [-0.25, -0.2) is 9.50 Å². The maximum Gasteiger partial charge on any atom is 0.271 e. The van der Waals surface area contributed by atoms with E-state index in [2.05, 4.69) is 15.4 Å². The van der Waals surface area contributed by atoms with Crippen molar-refractivity contribution in [1.29, 1.82) is 0 Å². The van der Waals surface area contributed by atoms with Gasteiger partial charge >= 0.3 is 0 Å². The number of fused-ring (bicyclic) bond motifs is 1. The van der Waals surface area contributed by atoms with Crippen molar-refractivity contribution in [3.05, 3.63) is 30.2 Å². The van der Waals surface area contributed by atoms with Gasteiger partial charge in [-0.05, 0) is 12.1 Å². The van der Waals surface area contributed by atoms with Gasteiger partial charge in [0, 0.05) is 26.0 Å². The van der Waals surface area contributed by atoms with Crippen LogP contribution in [0.1, 0.15) is 10.5 Å². The van der Waals surface area contributed by atoms with Crippen LogP contribution in [0.15, 0.2) is 24.5 Å². The van der Waals surface area contributed by atoms with Crippen molar-refractivity contribution in [2.24, 2.45) is 0 Å². The molecule has 6 nitrogen and oxygen atoms in total. The second-order valence-electron chi connectivity index (χ2n) is 3.20. The van der Waals surface area contributed by atoms with Gasteiger partial charge in [-0.1, -0.05) is 0 Å². The third-order valence-corrected chi connectivity index (χ3v) is 2.08. The molecule has 0 aromatic carbocycles. The lowest BCUT2D eigenvalue weighted by Crippen LogP contribution is -2.28. The van der Waals surface area contributed by atoms with E-state index in [-0.39, 0.29) is 5.91 Å². The molecule has 0 radical (unpaired) electrons. The molecule has 0 aliphatic rings. The van der Waals surface area contributed by atoms with Crippen LogP contribution in [0, 0.1) is 0 Å². The Labute approximate surface area is 92.2 Å². The predicted molar refractivity (Wildman–Crippen MR) is 57.2 cm³/mol. The summed E-state index contributed by atoms with van der Waals surface area (Å²) in [6.07, 6.45) is 3.33. The van der Waals surface area contributed by atoms with Gasteiger partial charge in [-0.2, -0.15) is 5.10 Å². The summed E-state index contributed by atoms with van der Waals surface area (Å²) in [6.45, 7) is 0.956. The highest BCUT2D eigenvalue weighted by atomic mass is 16.5. The summed E-state index contributed by atoms with van der Waals surface area (Å²) in [7, 11) is 1.59. The maximum absolute atomic E-state index is 11.6. The first-order chi connectivity index (χ1) is 7.81. The summed E-state index contributed by atoms with van der Waals surface area (Å²) in [4.78, 5) is 15.7. The average Bonchev–Trinajstić information content (AvgIpc) is 2.76. The molecule has 1 N–H and O–H groups in total. The fraction of sp³-hybridized carbons (Fsp3) is 0.300. The molecular formula is C10H12N4O2. The molecule has 2 aromatic rings. The zero-order valence-corrected chi connectivity index (χ0v) is 8.88. The summed E-state index contributed by atoms with van der Waals surface area (Å²) < 4.78 is 6.40. The van der Waals surface area contributed by atoms with Crippen molar-refractivity contribution in [3.63, 3.8) is 0 Å². The third-order valence-electron chi connectivity index (χ3n) is 2.08. The summed E-state index contributed by atoms with van der Waals surface area (Å²) in [6, 6.07) is 3.39. The Morgan fingerprint density at radius 1 is 1.56 bits per heavy atom. The molecule has 0 atom stereocenters. The Morgan fingerprint density at radius 3 is 3.25 bits per heavy atom. The van der Waals surface area contributed by atoms with Gasteiger partial charge in [0.05, 0.1) is 6.61 Å². The number of ether oxygens (including phenoxy) is 1. The highest BCUT2D eigenvalue weighted by Crippen LogP contribution is 2.00. The van der Waals surface area contributed by atoms with E-state index in [4.69, 9.17) is 4.74 Å². The molecule has 0 aliphatic carbocycles. The van der Waals surface area contributed by atoms with Crippen molar-refractivity contribution in [2.45, 2.75) is 0 Å². The van der Waals surface area contributed by atoms with Gasteiger partial charge in [-0.15, -0.1) is 0 Å². The Kier molecular flexibility index (Phi) is 3.11. The van der Waals surface area contributed by atoms with E-state index in [1.165, 1.54) is 0 Å². The number of nitrogens with one attached hydrogen (secondary N) is 1. The van der Waals surface area contributed by atoms with Crippen molar-refractivity contribution >= 4 is 11.6 Å². The van der Waals surface area contributed by atoms with Crippen LogP contribution in [-0.2, 0) is 4.74 Å². The van der Waals surface area contributed by atoms with Gasteiger partial charge in [0.2, 0.25) is 0 Å². The van der Waals surface area contributed by atoms with Gasteiger partial charge in [0.1, 0.15) is 5.69 Å². The lowest BCUT2D eigenvalue weighted by Gasteiger charge is -2.03. The van der Waals surface area contributed by atoms with Crippen molar-refractivity contribution in [2.75, 3.05) is 20.3 Å². The SMILES string of the molecule is COCCNC(=O)c1ccc2nccn2n1. The Balaban J connectivity index is 2.10. The highest BCUT2D eigenvalue weighted by molar-refractivity contribution is 5.92. The topological polar surface area (TPSA) is 68.5 Å². The number of methoxy groups -OCH3 is 1. The number of carbonyl (C=O) groups is 1. The molecule has 0 saturated carbocycles. The Morgan fingerprint density at radius 2 is 2.44 bits per heavy atom. The monoisotopic (exact) mass is 220 g/mol. The number of aromatic nitrogens is 3. The van der Waals surface area contributed by atoms with Crippen molar-refractivity contribution < 1.29 is 9.53 Å². The standard InChI is InChI=1S/C10H12N4O2/c1-16-7-5-12-10(15)8-2-3-9-11-4-6-14(9)13-8/h2-4,6H,5,7H2,1H3,(H,12,15). The Bertz CT molecular complexity index is 494. The number of nitrogens with zero attached hydrogens (tertiary/aromatic N) is 3. The maximum atomic E-state index is 11.6. The minimum absolute atomic E-state index is 0.215. The first-order valence-electron chi connectivity index (χ1n) is 4.89. The summed E-state index contributed by atoms with van der Waals surface area (Å²) >= 11 is 0. The van der Waals surface area contributed by atoms with Gasteiger partial charge in [0.25, 0.3) is 5.91 Å².